The summed E-state index contributed by atoms with van der Waals surface area (Å²) >= 11 is 0. The fourth-order valence-corrected chi connectivity index (χ4v) is 8.19. The van der Waals surface area contributed by atoms with Gasteiger partial charge in [0.2, 0.25) is 5.91 Å². The number of benzene rings is 3. The van der Waals surface area contributed by atoms with E-state index >= 15 is 0 Å². The van der Waals surface area contributed by atoms with Gasteiger partial charge in [0.25, 0.3) is 5.91 Å². The summed E-state index contributed by atoms with van der Waals surface area (Å²) in [6, 6.07) is 29.0. The molecule has 324 valence electrons. The maximum absolute atomic E-state index is 14.4. The summed E-state index contributed by atoms with van der Waals surface area (Å²) < 4.78 is 16.6. The lowest BCUT2D eigenvalue weighted by molar-refractivity contribution is -0.149. The van der Waals surface area contributed by atoms with Crippen molar-refractivity contribution in [1.29, 1.82) is 0 Å². The first kappa shape index (κ1) is 46.0. The van der Waals surface area contributed by atoms with Crippen molar-refractivity contribution in [3.05, 3.63) is 125 Å². The predicted octanol–water partition coefficient (Wildman–Crippen LogP) is 8.05. The summed E-state index contributed by atoms with van der Waals surface area (Å²) in [5.74, 6) is -2.62. The summed E-state index contributed by atoms with van der Waals surface area (Å²) in [4.78, 5) is 72.8. The van der Waals surface area contributed by atoms with E-state index in [-0.39, 0.29) is 48.4 Å². The first-order chi connectivity index (χ1) is 29.2. The van der Waals surface area contributed by atoms with Gasteiger partial charge in [0.15, 0.2) is 0 Å². The number of carbonyl (C=O) groups excluding carboxylic acids is 5. The Labute approximate surface area is 359 Å². The van der Waals surface area contributed by atoms with Gasteiger partial charge in [0, 0.05) is 38.4 Å². The second kappa shape index (κ2) is 21.5. The van der Waals surface area contributed by atoms with E-state index in [2.05, 4.69) is 39.9 Å². The molecule has 3 amide bonds. The van der Waals surface area contributed by atoms with E-state index in [0.717, 1.165) is 27.8 Å². The average Bonchev–Trinajstić information content (AvgIpc) is 3.58. The number of alkyl carbamates (subject to hydrolysis) is 1. The minimum Gasteiger partial charge on any atom is -0.469 e. The molecule has 5 rings (SSSR count). The summed E-state index contributed by atoms with van der Waals surface area (Å²) in [7, 11) is 3.02. The summed E-state index contributed by atoms with van der Waals surface area (Å²) in [6.45, 7) is 11.0. The largest absolute Gasteiger partial charge is 0.469 e. The third-order valence-electron chi connectivity index (χ3n) is 11.7. The molecule has 0 saturated carbocycles. The zero-order valence-corrected chi connectivity index (χ0v) is 36.6. The molecule has 4 aromatic rings. The standard InChI is InChI=1S/C49H60N4O8/c1-9-31(4)45(52-49(58)60-29-40-38-22-15-13-20-36(38)37-21-14-16-23-39(37)40)47(56)53(7)43(30(2)3)28-44(61-33(6)54)41-24-17-25-42(51-41)46(55)50-35(26-32(5)48(57)59-8)27-34-18-11-10-12-19-34/h10-25,30-32,35,40,43-45H,9,26-29H2,1-8H3,(H,50,55)(H,52,58)/t31-,32-,35+,43+,44+,45-/m0/s1. The number of hydrogen-bond donors (Lipinski definition) is 2. The summed E-state index contributed by atoms with van der Waals surface area (Å²) in [5, 5.41) is 5.94. The van der Waals surface area contributed by atoms with Crippen molar-refractivity contribution in [2.75, 3.05) is 20.8 Å². The molecule has 61 heavy (non-hydrogen) atoms. The van der Waals surface area contributed by atoms with Gasteiger partial charge in [-0.15, -0.1) is 0 Å². The van der Waals surface area contributed by atoms with Crippen LogP contribution in [-0.2, 0) is 35.0 Å². The van der Waals surface area contributed by atoms with Gasteiger partial charge in [-0.25, -0.2) is 9.78 Å². The van der Waals surface area contributed by atoms with Gasteiger partial charge in [-0.1, -0.05) is 126 Å². The third-order valence-corrected chi connectivity index (χ3v) is 11.7. The van der Waals surface area contributed by atoms with Crippen LogP contribution < -0.4 is 10.6 Å². The van der Waals surface area contributed by atoms with Crippen molar-refractivity contribution in [2.45, 2.75) is 97.4 Å². The molecule has 6 atom stereocenters. The molecule has 0 radical (unpaired) electrons. The van der Waals surface area contributed by atoms with Crippen LogP contribution in [0.4, 0.5) is 4.79 Å². The molecule has 0 aliphatic heterocycles. The van der Waals surface area contributed by atoms with Crippen LogP contribution in [0.3, 0.4) is 0 Å². The van der Waals surface area contributed by atoms with E-state index in [1.807, 2.05) is 82.3 Å². The van der Waals surface area contributed by atoms with Gasteiger partial charge in [0.1, 0.15) is 24.4 Å². The molecule has 0 saturated heterocycles. The Hall–Kier alpha value is -6.04. The number of nitrogens with one attached hydrogen (secondary N) is 2. The van der Waals surface area contributed by atoms with E-state index in [4.69, 9.17) is 14.2 Å². The number of likely N-dealkylation sites (N-methyl/N-ethyl adjacent to an activating group) is 1. The highest BCUT2D eigenvalue weighted by atomic mass is 16.6. The molecule has 12 heteroatoms. The van der Waals surface area contributed by atoms with E-state index in [1.165, 1.54) is 14.0 Å². The molecular formula is C49H60N4O8. The third kappa shape index (κ3) is 11.8. The molecule has 12 nitrogen and oxygen atoms in total. The quantitative estimate of drug-likeness (QED) is 0.0706. The molecule has 0 spiro atoms. The lowest BCUT2D eigenvalue weighted by Gasteiger charge is -2.37. The first-order valence-electron chi connectivity index (χ1n) is 21.2. The Morgan fingerprint density at radius 3 is 2.00 bits per heavy atom. The maximum atomic E-state index is 14.4. The van der Waals surface area contributed by atoms with Crippen molar-refractivity contribution >= 4 is 29.8 Å². The number of esters is 2. The van der Waals surface area contributed by atoms with Crippen LogP contribution in [0.25, 0.3) is 11.1 Å². The molecule has 3 aromatic carbocycles. The SMILES string of the molecule is CC[C@H](C)[C@H](NC(=O)OCC1c2ccccc2-c2ccccc21)C(=O)N(C)[C@H](C[C@@H](OC(C)=O)c1cccc(C(=O)N[C@@H](Cc2ccccc2)C[C@H](C)C(=O)OC)n1)C(C)C. The van der Waals surface area contributed by atoms with E-state index in [9.17, 15) is 24.0 Å². The van der Waals surface area contributed by atoms with Gasteiger partial charge in [-0.05, 0) is 64.6 Å². The maximum Gasteiger partial charge on any atom is 0.407 e. The van der Waals surface area contributed by atoms with Crippen molar-refractivity contribution in [1.82, 2.24) is 20.5 Å². The monoisotopic (exact) mass is 832 g/mol. The number of nitrogens with zero attached hydrogens (tertiary/aromatic N) is 2. The zero-order chi connectivity index (χ0) is 44.2. The Kier molecular flexibility index (Phi) is 16.2. The topological polar surface area (TPSA) is 153 Å². The smallest absolute Gasteiger partial charge is 0.407 e. The van der Waals surface area contributed by atoms with Crippen LogP contribution in [-0.4, -0.2) is 78.6 Å². The molecule has 0 unspecified atom stereocenters. The van der Waals surface area contributed by atoms with Crippen LogP contribution in [0.5, 0.6) is 0 Å². The molecule has 0 bridgehead atoms. The number of fused-ring (bicyclic) bond motifs is 3. The Morgan fingerprint density at radius 1 is 0.787 bits per heavy atom. The van der Waals surface area contributed by atoms with Gasteiger partial charge in [-0.2, -0.15) is 0 Å². The van der Waals surface area contributed by atoms with Crippen LogP contribution in [0.15, 0.2) is 97.1 Å². The average molecular weight is 833 g/mol. The highest BCUT2D eigenvalue weighted by molar-refractivity contribution is 5.92. The minimum absolute atomic E-state index is 0.105. The fraction of sp³-hybridized carbons (Fsp3) is 0.429. The lowest BCUT2D eigenvalue weighted by Crippen LogP contribution is -2.54. The summed E-state index contributed by atoms with van der Waals surface area (Å²) in [6.07, 6.45) is 0.00924. The molecule has 1 aliphatic carbocycles. The van der Waals surface area contributed by atoms with E-state index in [0.29, 0.717) is 25.0 Å². The number of amides is 3. The van der Waals surface area contributed by atoms with Gasteiger partial charge < -0.3 is 29.7 Å². The number of ether oxygens (including phenoxy) is 3. The zero-order valence-electron chi connectivity index (χ0n) is 36.6. The number of hydrogen-bond acceptors (Lipinski definition) is 9. The van der Waals surface area contributed by atoms with E-state index in [1.54, 1.807) is 37.1 Å². The second-order valence-electron chi connectivity index (χ2n) is 16.4. The van der Waals surface area contributed by atoms with E-state index < -0.39 is 48.1 Å². The molecule has 1 aromatic heterocycles. The Morgan fingerprint density at radius 2 is 1.41 bits per heavy atom. The van der Waals surface area contributed by atoms with Crippen molar-refractivity contribution < 1.29 is 38.2 Å². The number of carbonyl (C=O) groups is 5. The van der Waals surface area contributed by atoms with Crippen LogP contribution in [0, 0.1) is 17.8 Å². The van der Waals surface area contributed by atoms with Crippen LogP contribution in [0.2, 0.25) is 0 Å². The van der Waals surface area contributed by atoms with Crippen LogP contribution in [0.1, 0.15) is 106 Å². The highest BCUT2D eigenvalue weighted by Gasteiger charge is 2.36. The van der Waals surface area contributed by atoms with Gasteiger partial charge in [0.05, 0.1) is 18.7 Å². The number of methoxy groups -OCH3 is 1. The number of aromatic nitrogens is 1. The number of rotatable bonds is 19. The number of pyridine rings is 1. The van der Waals surface area contributed by atoms with Gasteiger partial charge >= 0.3 is 18.0 Å². The first-order valence-corrected chi connectivity index (χ1v) is 21.2. The lowest BCUT2D eigenvalue weighted by atomic mass is 9.92. The van der Waals surface area contributed by atoms with Crippen LogP contribution >= 0.6 is 0 Å². The Balaban J connectivity index is 1.30. The summed E-state index contributed by atoms with van der Waals surface area (Å²) in [5.41, 5.74) is 5.85. The fourth-order valence-electron chi connectivity index (χ4n) is 8.19. The highest BCUT2D eigenvalue weighted by Crippen LogP contribution is 2.44. The Bertz CT molecular complexity index is 2100. The second-order valence-corrected chi connectivity index (χ2v) is 16.4. The minimum atomic E-state index is -0.912. The van der Waals surface area contributed by atoms with Crippen molar-refractivity contribution in [3.8, 4) is 11.1 Å². The molecular weight excluding hydrogens is 773 g/mol. The molecule has 1 aliphatic rings. The molecule has 2 N–H and O–H groups in total. The molecule has 1 heterocycles. The molecule has 0 fully saturated rings. The van der Waals surface area contributed by atoms with Crippen molar-refractivity contribution in [2.24, 2.45) is 17.8 Å². The normalized spacial score (nSPS) is 14.9. The van der Waals surface area contributed by atoms with Gasteiger partial charge in [-0.3, -0.25) is 19.2 Å². The predicted molar refractivity (Wildman–Crippen MR) is 233 cm³/mol. The van der Waals surface area contributed by atoms with Crippen molar-refractivity contribution in [3.63, 3.8) is 0 Å².